The molecule has 3 amide bonds. The Bertz CT molecular complexity index is 968. The second-order valence-electron chi connectivity index (χ2n) is 14.5. The summed E-state index contributed by atoms with van der Waals surface area (Å²) >= 11 is 0. The lowest BCUT2D eigenvalue weighted by Gasteiger charge is -2.38. The molecule has 1 heterocycles. The van der Waals surface area contributed by atoms with Gasteiger partial charge in [0.15, 0.2) is 0 Å². The molecule has 10 nitrogen and oxygen atoms in total. The van der Waals surface area contributed by atoms with Gasteiger partial charge < -0.3 is 25.0 Å². The summed E-state index contributed by atoms with van der Waals surface area (Å²) in [5.74, 6) is -2.76. The van der Waals surface area contributed by atoms with Gasteiger partial charge in [0.1, 0.15) is 17.7 Å². The maximum atomic E-state index is 13.9. The Morgan fingerprint density at radius 2 is 1.50 bits per heavy atom. The van der Waals surface area contributed by atoms with Crippen LogP contribution in [0, 0.1) is 28.1 Å². The number of esters is 1. The number of methoxy groups -OCH3 is 1. The third-order valence-electron chi connectivity index (χ3n) is 7.37. The van der Waals surface area contributed by atoms with Crippen LogP contribution in [-0.4, -0.2) is 71.9 Å². The third-order valence-corrected chi connectivity index (χ3v) is 7.37. The van der Waals surface area contributed by atoms with Crippen molar-refractivity contribution in [2.75, 3.05) is 13.7 Å². The van der Waals surface area contributed by atoms with E-state index in [1.807, 2.05) is 41.5 Å². The van der Waals surface area contributed by atoms with Crippen molar-refractivity contribution >= 4 is 29.7 Å². The second-order valence-corrected chi connectivity index (χ2v) is 14.5. The van der Waals surface area contributed by atoms with Gasteiger partial charge in [0.25, 0.3) is 5.78 Å². The first-order chi connectivity index (χ1) is 17.0. The summed E-state index contributed by atoms with van der Waals surface area (Å²) in [6.45, 7) is 20.9. The maximum absolute atomic E-state index is 13.9. The van der Waals surface area contributed by atoms with E-state index in [1.165, 1.54) is 4.90 Å². The first-order valence-electron chi connectivity index (χ1n) is 13.2. The van der Waals surface area contributed by atoms with Gasteiger partial charge in [-0.25, -0.2) is 9.59 Å². The van der Waals surface area contributed by atoms with Gasteiger partial charge in [0.05, 0.1) is 13.2 Å². The van der Waals surface area contributed by atoms with E-state index in [1.54, 1.807) is 20.8 Å². The summed E-state index contributed by atoms with van der Waals surface area (Å²) in [5, 5.41) is 5.48. The minimum absolute atomic E-state index is 0.0988. The number of nitrogens with zero attached hydrogens (tertiary/aromatic N) is 1. The molecule has 216 valence electrons. The van der Waals surface area contributed by atoms with Gasteiger partial charge in [-0.2, -0.15) is 0 Å². The second kappa shape index (κ2) is 10.5. The number of hydrogen-bond donors (Lipinski definition) is 2. The summed E-state index contributed by atoms with van der Waals surface area (Å²) in [7, 11) is 1.12. The van der Waals surface area contributed by atoms with Crippen LogP contribution in [0.3, 0.4) is 0 Å². The van der Waals surface area contributed by atoms with Crippen molar-refractivity contribution in [3.63, 3.8) is 0 Å². The number of Topliss-reactive ketones (excluding diaryl/α,β-unsaturated/α-hetero) is 1. The van der Waals surface area contributed by atoms with Crippen molar-refractivity contribution in [2.24, 2.45) is 28.1 Å². The molecule has 2 N–H and O–H groups in total. The fourth-order valence-electron chi connectivity index (χ4n) is 5.37. The van der Waals surface area contributed by atoms with E-state index in [-0.39, 0.29) is 29.1 Å². The number of likely N-dealkylation sites (tertiary alicyclic amines) is 1. The molecule has 10 heteroatoms. The van der Waals surface area contributed by atoms with Gasteiger partial charge in [-0.05, 0) is 55.3 Å². The van der Waals surface area contributed by atoms with E-state index >= 15 is 0 Å². The summed E-state index contributed by atoms with van der Waals surface area (Å²) in [6, 6.07) is -2.89. The van der Waals surface area contributed by atoms with Crippen LogP contribution in [0.2, 0.25) is 0 Å². The van der Waals surface area contributed by atoms with Crippen molar-refractivity contribution < 1.29 is 33.4 Å². The predicted molar refractivity (Wildman–Crippen MR) is 142 cm³/mol. The molecule has 5 atom stereocenters. The minimum Gasteiger partial charge on any atom is -0.463 e. The molecule has 38 heavy (non-hydrogen) atoms. The number of ketones is 1. The predicted octanol–water partition coefficient (Wildman–Crippen LogP) is 3.07. The zero-order valence-electron chi connectivity index (χ0n) is 25.1. The van der Waals surface area contributed by atoms with Crippen molar-refractivity contribution in [1.82, 2.24) is 15.5 Å². The molecule has 1 saturated carbocycles. The average molecular weight is 538 g/mol. The first-order valence-corrected chi connectivity index (χ1v) is 13.2. The van der Waals surface area contributed by atoms with Crippen molar-refractivity contribution in [2.45, 2.75) is 106 Å². The van der Waals surface area contributed by atoms with Crippen LogP contribution in [0.4, 0.5) is 4.79 Å². The molecule has 0 radical (unpaired) electrons. The van der Waals surface area contributed by atoms with Crippen LogP contribution in [0.5, 0.6) is 0 Å². The number of amides is 3. The van der Waals surface area contributed by atoms with E-state index in [2.05, 4.69) is 29.2 Å². The van der Waals surface area contributed by atoms with Gasteiger partial charge in [0.2, 0.25) is 11.8 Å². The number of carbonyl (C=O) groups is 5. The lowest BCUT2D eigenvalue weighted by atomic mass is 9.85. The van der Waals surface area contributed by atoms with Crippen LogP contribution in [0.15, 0.2) is 0 Å². The summed E-state index contributed by atoms with van der Waals surface area (Å²) in [5.41, 5.74) is -1.96. The molecular formula is C28H47N3O7. The third kappa shape index (κ3) is 7.26. The molecule has 2 aliphatic rings. The average Bonchev–Trinajstić information content (AvgIpc) is 3.07. The normalized spacial score (nSPS) is 24.0. The minimum atomic E-state index is -1.09. The molecule has 0 spiro atoms. The molecule has 0 aromatic heterocycles. The Hall–Kier alpha value is -2.65. The van der Waals surface area contributed by atoms with Crippen LogP contribution >= 0.6 is 0 Å². The van der Waals surface area contributed by atoms with Gasteiger partial charge in [0, 0.05) is 6.54 Å². The molecule has 1 aliphatic carbocycles. The highest BCUT2D eigenvalue weighted by Gasteiger charge is 2.70. The van der Waals surface area contributed by atoms with Crippen molar-refractivity contribution in [1.29, 1.82) is 0 Å². The van der Waals surface area contributed by atoms with Crippen LogP contribution in [0.25, 0.3) is 0 Å². The van der Waals surface area contributed by atoms with Crippen molar-refractivity contribution in [3.05, 3.63) is 0 Å². The van der Waals surface area contributed by atoms with Crippen LogP contribution < -0.4 is 10.6 Å². The summed E-state index contributed by atoms with van der Waals surface area (Å²) < 4.78 is 10.0. The Morgan fingerprint density at radius 1 is 0.947 bits per heavy atom. The molecule has 0 bridgehead atoms. The van der Waals surface area contributed by atoms with Gasteiger partial charge in [-0.1, -0.05) is 55.4 Å². The number of piperidine rings is 1. The zero-order chi connectivity index (χ0) is 29.6. The number of alkyl carbamates (subject to hydrolysis) is 1. The van der Waals surface area contributed by atoms with Crippen LogP contribution in [-0.2, 0) is 28.7 Å². The fraction of sp³-hybridized carbons (Fsp3) is 0.821. The van der Waals surface area contributed by atoms with Gasteiger partial charge in [-0.3, -0.25) is 14.4 Å². The fourth-order valence-corrected chi connectivity index (χ4v) is 5.37. The van der Waals surface area contributed by atoms with Crippen LogP contribution in [0.1, 0.15) is 82.6 Å². The quantitative estimate of drug-likeness (QED) is 0.377. The SMILES string of the molecule is COC(=O)C(=O)C(CC(C)(C)C)NC(=O)C1C2C(CN1C(=O)C(NC(=O)OC(C)(C)C)C(C)(C)C)C2(C)C. The number of hydrogen-bond acceptors (Lipinski definition) is 7. The molecule has 1 aliphatic heterocycles. The van der Waals surface area contributed by atoms with Crippen molar-refractivity contribution in [3.8, 4) is 0 Å². The molecule has 1 saturated heterocycles. The highest BCUT2D eigenvalue weighted by atomic mass is 16.6. The largest absolute Gasteiger partial charge is 0.463 e. The molecule has 2 fully saturated rings. The van der Waals surface area contributed by atoms with E-state index < -0.39 is 58.8 Å². The van der Waals surface area contributed by atoms with E-state index in [9.17, 15) is 24.0 Å². The van der Waals surface area contributed by atoms with E-state index in [4.69, 9.17) is 4.74 Å². The Morgan fingerprint density at radius 3 is 1.95 bits per heavy atom. The highest BCUT2D eigenvalue weighted by molar-refractivity contribution is 6.36. The number of rotatable bonds is 7. The lowest BCUT2D eigenvalue weighted by Crippen LogP contribution is -2.60. The Labute approximate surface area is 226 Å². The summed E-state index contributed by atoms with van der Waals surface area (Å²) in [4.78, 5) is 66.6. The maximum Gasteiger partial charge on any atom is 0.408 e. The molecule has 0 aromatic carbocycles. The standard InChI is InChI=1S/C28H47N3O7/c1-25(2,3)13-16(19(32)23(35)37-12)29-21(33)18-17-15(28(17,10)11)14-31(18)22(34)20(26(4,5)6)30-24(36)38-27(7,8)9/h15-18,20H,13-14H2,1-12H3,(H,29,33)(H,30,36). The highest BCUT2D eigenvalue weighted by Crippen LogP contribution is 2.65. The number of fused-ring (bicyclic) bond motifs is 1. The first kappa shape index (κ1) is 31.6. The monoisotopic (exact) mass is 537 g/mol. The van der Waals surface area contributed by atoms with E-state index in [0.29, 0.717) is 6.54 Å². The molecule has 5 unspecified atom stereocenters. The molecular weight excluding hydrogens is 490 g/mol. The number of nitrogens with one attached hydrogen (secondary N) is 2. The zero-order valence-corrected chi connectivity index (χ0v) is 25.1. The topological polar surface area (TPSA) is 131 Å². The number of carbonyl (C=O) groups excluding carboxylic acids is 5. The summed E-state index contributed by atoms with van der Waals surface area (Å²) in [6.07, 6.45) is -0.499. The Balaban J connectivity index is 2.36. The number of ether oxygens (including phenoxy) is 2. The molecule has 0 aromatic rings. The smallest absolute Gasteiger partial charge is 0.408 e. The van der Waals surface area contributed by atoms with Gasteiger partial charge in [-0.15, -0.1) is 0 Å². The van der Waals surface area contributed by atoms with E-state index in [0.717, 1.165) is 7.11 Å². The van der Waals surface area contributed by atoms with Gasteiger partial charge >= 0.3 is 12.1 Å². The lowest BCUT2D eigenvalue weighted by molar-refractivity contribution is -0.153. The Kier molecular flexibility index (Phi) is 8.71. The molecule has 2 rings (SSSR count).